The summed E-state index contributed by atoms with van der Waals surface area (Å²) in [6.07, 6.45) is 12.0. The molecule has 0 spiro atoms. The lowest BCUT2D eigenvalue weighted by Crippen LogP contribution is -1.99. The lowest BCUT2D eigenvalue weighted by molar-refractivity contribution is 0.309. The van der Waals surface area contributed by atoms with Crippen LogP contribution in [0.15, 0.2) is 96.3 Å². The standard InChI is InChI=1S/C25H21N5O2/c1-2-7-19(8-3-1)9-6-15-31-22-11-16-32-24(22)21-18-30(23-10-4-5-12-28-23)25(29-21)20-17-26-13-14-27-20/h1-5,7-8,10-14,16-18H,6,9,15H2. The minimum Gasteiger partial charge on any atom is -0.489 e. The van der Waals surface area contributed by atoms with Crippen molar-refractivity contribution in [2.24, 2.45) is 0 Å². The first-order chi connectivity index (χ1) is 15.9. The number of rotatable bonds is 8. The maximum atomic E-state index is 6.03. The van der Waals surface area contributed by atoms with Crippen molar-refractivity contribution in [3.05, 3.63) is 97.4 Å². The maximum Gasteiger partial charge on any atom is 0.195 e. The Labute approximate surface area is 185 Å². The van der Waals surface area contributed by atoms with Crippen LogP contribution in [0, 0.1) is 0 Å². The molecule has 4 heterocycles. The van der Waals surface area contributed by atoms with Gasteiger partial charge in [0.2, 0.25) is 0 Å². The van der Waals surface area contributed by atoms with Crippen molar-refractivity contribution in [1.29, 1.82) is 0 Å². The molecule has 0 atom stereocenters. The lowest BCUT2D eigenvalue weighted by Gasteiger charge is -2.05. The van der Waals surface area contributed by atoms with Crippen LogP contribution in [0.1, 0.15) is 12.0 Å². The molecule has 4 aromatic heterocycles. The zero-order valence-corrected chi connectivity index (χ0v) is 17.3. The van der Waals surface area contributed by atoms with Crippen LogP contribution in [0.3, 0.4) is 0 Å². The van der Waals surface area contributed by atoms with Gasteiger partial charge in [0, 0.05) is 30.9 Å². The summed E-state index contributed by atoms with van der Waals surface area (Å²) >= 11 is 0. The van der Waals surface area contributed by atoms with Gasteiger partial charge in [0.05, 0.1) is 19.1 Å². The molecule has 0 N–H and O–H groups in total. The van der Waals surface area contributed by atoms with Crippen molar-refractivity contribution in [3.63, 3.8) is 0 Å². The summed E-state index contributed by atoms with van der Waals surface area (Å²) in [7, 11) is 0. The summed E-state index contributed by atoms with van der Waals surface area (Å²) in [4.78, 5) is 17.8. The van der Waals surface area contributed by atoms with Gasteiger partial charge < -0.3 is 9.15 Å². The Bertz CT molecular complexity index is 1210. The topological polar surface area (TPSA) is 78.9 Å². The second-order valence-corrected chi connectivity index (χ2v) is 7.15. The fourth-order valence-electron chi connectivity index (χ4n) is 3.46. The molecular formula is C25H21N5O2. The Hall–Kier alpha value is -4.26. The van der Waals surface area contributed by atoms with E-state index >= 15 is 0 Å². The molecule has 158 valence electrons. The normalized spacial score (nSPS) is 10.9. The van der Waals surface area contributed by atoms with E-state index in [4.69, 9.17) is 14.1 Å². The Kier molecular flexibility index (Phi) is 5.70. The van der Waals surface area contributed by atoms with E-state index in [0.29, 0.717) is 35.3 Å². The van der Waals surface area contributed by atoms with E-state index in [1.165, 1.54) is 5.56 Å². The van der Waals surface area contributed by atoms with E-state index in [1.807, 2.05) is 41.1 Å². The van der Waals surface area contributed by atoms with Gasteiger partial charge in [-0.05, 0) is 30.5 Å². The SMILES string of the molecule is c1ccc(CCCOc2ccoc2-c2cn(-c3ccccn3)c(-c3cnccn3)n2)cc1. The van der Waals surface area contributed by atoms with Crippen molar-refractivity contribution in [2.45, 2.75) is 12.8 Å². The molecule has 5 rings (SSSR count). The summed E-state index contributed by atoms with van der Waals surface area (Å²) in [5.41, 5.74) is 2.58. The second kappa shape index (κ2) is 9.26. The molecule has 0 fully saturated rings. The van der Waals surface area contributed by atoms with Crippen LogP contribution >= 0.6 is 0 Å². The Morgan fingerprint density at radius 3 is 2.59 bits per heavy atom. The van der Waals surface area contributed by atoms with E-state index in [0.717, 1.165) is 18.7 Å². The molecule has 0 radical (unpaired) electrons. The molecule has 7 nitrogen and oxygen atoms in total. The van der Waals surface area contributed by atoms with Gasteiger partial charge in [-0.3, -0.25) is 9.55 Å². The van der Waals surface area contributed by atoms with Crippen molar-refractivity contribution in [2.75, 3.05) is 6.61 Å². The van der Waals surface area contributed by atoms with E-state index < -0.39 is 0 Å². The number of nitrogens with zero attached hydrogens (tertiary/aromatic N) is 5. The number of hydrogen-bond acceptors (Lipinski definition) is 6. The van der Waals surface area contributed by atoms with Crippen LogP contribution < -0.4 is 4.74 Å². The molecular weight excluding hydrogens is 402 g/mol. The predicted molar refractivity (Wildman–Crippen MR) is 120 cm³/mol. The van der Waals surface area contributed by atoms with Gasteiger partial charge in [0.25, 0.3) is 0 Å². The van der Waals surface area contributed by atoms with E-state index in [-0.39, 0.29) is 0 Å². The van der Waals surface area contributed by atoms with Gasteiger partial charge in [-0.2, -0.15) is 0 Å². The highest BCUT2D eigenvalue weighted by Gasteiger charge is 2.19. The number of hydrogen-bond donors (Lipinski definition) is 0. The molecule has 0 saturated carbocycles. The molecule has 0 aliphatic carbocycles. The Balaban J connectivity index is 1.40. The van der Waals surface area contributed by atoms with Crippen molar-refractivity contribution >= 4 is 0 Å². The van der Waals surface area contributed by atoms with Crippen molar-refractivity contribution in [3.8, 4) is 34.5 Å². The predicted octanol–water partition coefficient (Wildman–Crippen LogP) is 5.00. The highest BCUT2D eigenvalue weighted by atomic mass is 16.5. The summed E-state index contributed by atoms with van der Waals surface area (Å²) in [6.45, 7) is 0.583. The Morgan fingerprint density at radius 1 is 0.875 bits per heavy atom. The quantitative estimate of drug-likeness (QED) is 0.327. The molecule has 1 aromatic carbocycles. The molecule has 32 heavy (non-hydrogen) atoms. The highest BCUT2D eigenvalue weighted by molar-refractivity contribution is 5.65. The first-order valence-electron chi connectivity index (χ1n) is 10.4. The summed E-state index contributed by atoms with van der Waals surface area (Å²) < 4.78 is 13.7. The van der Waals surface area contributed by atoms with Crippen LogP contribution in [0.25, 0.3) is 28.8 Å². The van der Waals surface area contributed by atoms with Crippen LogP contribution in [0.5, 0.6) is 5.75 Å². The van der Waals surface area contributed by atoms with Gasteiger partial charge >= 0.3 is 0 Å². The molecule has 0 aliphatic rings. The third-order valence-electron chi connectivity index (χ3n) is 4.97. The molecule has 7 heteroatoms. The molecule has 5 aromatic rings. The van der Waals surface area contributed by atoms with Gasteiger partial charge in [-0.15, -0.1) is 0 Å². The molecule has 0 aliphatic heterocycles. The first-order valence-corrected chi connectivity index (χ1v) is 10.4. The summed E-state index contributed by atoms with van der Waals surface area (Å²) in [5.74, 6) is 2.58. The highest BCUT2D eigenvalue weighted by Crippen LogP contribution is 2.33. The van der Waals surface area contributed by atoms with Gasteiger partial charge in [0.1, 0.15) is 17.2 Å². The summed E-state index contributed by atoms with van der Waals surface area (Å²) in [5, 5.41) is 0. The van der Waals surface area contributed by atoms with Crippen LogP contribution in [0.2, 0.25) is 0 Å². The Morgan fingerprint density at radius 2 is 1.78 bits per heavy atom. The monoisotopic (exact) mass is 423 g/mol. The van der Waals surface area contributed by atoms with E-state index in [1.54, 1.807) is 31.1 Å². The average Bonchev–Trinajstić information content (AvgIpc) is 3.51. The molecule has 0 saturated heterocycles. The lowest BCUT2D eigenvalue weighted by atomic mass is 10.1. The molecule has 0 amide bonds. The fourth-order valence-corrected chi connectivity index (χ4v) is 3.46. The largest absolute Gasteiger partial charge is 0.489 e. The van der Waals surface area contributed by atoms with Gasteiger partial charge in [0.15, 0.2) is 17.3 Å². The van der Waals surface area contributed by atoms with Crippen LogP contribution in [0.4, 0.5) is 0 Å². The van der Waals surface area contributed by atoms with Crippen LogP contribution in [-0.2, 0) is 6.42 Å². The minimum absolute atomic E-state index is 0.574. The molecule has 0 bridgehead atoms. The number of benzene rings is 1. The number of aryl methyl sites for hydroxylation is 1. The maximum absolute atomic E-state index is 6.03. The number of pyridine rings is 1. The fraction of sp³-hybridized carbons (Fsp3) is 0.120. The van der Waals surface area contributed by atoms with Crippen molar-refractivity contribution in [1.82, 2.24) is 24.5 Å². The minimum atomic E-state index is 0.574. The third kappa shape index (κ3) is 4.27. The zero-order valence-electron chi connectivity index (χ0n) is 17.3. The summed E-state index contributed by atoms with van der Waals surface area (Å²) in [6, 6.07) is 17.9. The number of aromatic nitrogens is 5. The number of ether oxygens (including phenoxy) is 1. The van der Waals surface area contributed by atoms with E-state index in [2.05, 4.69) is 39.2 Å². The van der Waals surface area contributed by atoms with Gasteiger partial charge in [-0.25, -0.2) is 15.0 Å². The molecule has 0 unspecified atom stereocenters. The first kappa shape index (κ1) is 19.7. The van der Waals surface area contributed by atoms with Crippen molar-refractivity contribution < 1.29 is 9.15 Å². The number of imidazole rings is 1. The zero-order chi connectivity index (χ0) is 21.6. The smallest absolute Gasteiger partial charge is 0.195 e. The van der Waals surface area contributed by atoms with E-state index in [9.17, 15) is 0 Å². The average molecular weight is 423 g/mol. The van der Waals surface area contributed by atoms with Crippen LogP contribution in [-0.4, -0.2) is 31.1 Å². The number of furan rings is 1. The third-order valence-corrected chi connectivity index (χ3v) is 4.97. The van der Waals surface area contributed by atoms with Gasteiger partial charge in [-0.1, -0.05) is 36.4 Å². The second-order valence-electron chi connectivity index (χ2n) is 7.15.